The number of hydrogen-bond acceptors (Lipinski definition) is 6. The second-order valence-corrected chi connectivity index (χ2v) is 8.44. The Bertz CT molecular complexity index is 1150. The van der Waals surface area contributed by atoms with Crippen molar-refractivity contribution in [1.29, 1.82) is 0 Å². The maximum atomic E-state index is 15.2. The first-order chi connectivity index (χ1) is 15.1. The summed E-state index contributed by atoms with van der Waals surface area (Å²) in [6.07, 6.45) is 3.41. The van der Waals surface area contributed by atoms with Gasteiger partial charge in [0.1, 0.15) is 28.9 Å². The molecule has 0 amide bonds. The molecule has 6 nitrogen and oxygen atoms in total. The van der Waals surface area contributed by atoms with Gasteiger partial charge in [-0.2, -0.15) is 8.78 Å². The summed E-state index contributed by atoms with van der Waals surface area (Å²) in [5.74, 6) is -3.75. The molecule has 0 bridgehead atoms. The summed E-state index contributed by atoms with van der Waals surface area (Å²) in [6, 6.07) is 5.62. The van der Waals surface area contributed by atoms with Gasteiger partial charge in [0, 0.05) is 24.5 Å². The largest absolute Gasteiger partial charge is 0.383 e. The van der Waals surface area contributed by atoms with Crippen LogP contribution in [0.25, 0.3) is 10.9 Å². The van der Waals surface area contributed by atoms with Gasteiger partial charge in [-0.15, -0.1) is 0 Å². The van der Waals surface area contributed by atoms with E-state index >= 15 is 13.2 Å². The van der Waals surface area contributed by atoms with Crippen LogP contribution in [-0.2, 0) is 12.5 Å². The van der Waals surface area contributed by atoms with E-state index in [4.69, 9.17) is 0 Å². The number of benzene rings is 1. The van der Waals surface area contributed by atoms with Gasteiger partial charge in [0.05, 0.1) is 17.3 Å². The van der Waals surface area contributed by atoms with Crippen molar-refractivity contribution in [3.05, 3.63) is 53.2 Å². The number of hydrogen-bond donors (Lipinski definition) is 3. The van der Waals surface area contributed by atoms with Crippen LogP contribution in [0, 0.1) is 18.7 Å². The Morgan fingerprint density at radius 1 is 1.22 bits per heavy atom. The number of halogens is 3. The van der Waals surface area contributed by atoms with Gasteiger partial charge in [-0.1, -0.05) is 18.6 Å². The van der Waals surface area contributed by atoms with Gasteiger partial charge < -0.3 is 15.7 Å². The van der Waals surface area contributed by atoms with Gasteiger partial charge in [0.25, 0.3) is 0 Å². The van der Waals surface area contributed by atoms with Crippen LogP contribution in [0.15, 0.2) is 30.5 Å². The van der Waals surface area contributed by atoms with Crippen molar-refractivity contribution in [3.8, 4) is 0 Å². The fraction of sp³-hybridized carbons (Fsp3) is 0.435. The first-order valence-electron chi connectivity index (χ1n) is 10.6. The van der Waals surface area contributed by atoms with Crippen molar-refractivity contribution in [3.63, 3.8) is 0 Å². The molecule has 0 aliphatic heterocycles. The molecule has 3 aromatic rings. The first-order valence-corrected chi connectivity index (χ1v) is 10.6. The number of pyridine rings is 1. The second-order valence-electron chi connectivity index (χ2n) is 8.44. The van der Waals surface area contributed by atoms with Crippen LogP contribution in [0.2, 0.25) is 0 Å². The average molecular weight is 445 g/mol. The van der Waals surface area contributed by atoms with Crippen molar-refractivity contribution < 1.29 is 18.3 Å². The monoisotopic (exact) mass is 445 g/mol. The number of nitrogens with zero attached hydrogens (tertiary/aromatic N) is 3. The quantitative estimate of drug-likeness (QED) is 0.486. The normalized spacial score (nSPS) is 16.5. The lowest BCUT2D eigenvalue weighted by atomic mass is 9.69. The number of nitrogens with one attached hydrogen (secondary N) is 2. The highest BCUT2D eigenvalue weighted by Gasteiger charge is 2.57. The molecule has 1 aliphatic rings. The molecule has 1 fully saturated rings. The van der Waals surface area contributed by atoms with E-state index in [0.29, 0.717) is 41.2 Å². The Balaban J connectivity index is 1.64. The van der Waals surface area contributed by atoms with E-state index < -0.39 is 28.8 Å². The third-order valence-corrected chi connectivity index (χ3v) is 6.35. The van der Waals surface area contributed by atoms with E-state index in [1.54, 1.807) is 26.2 Å². The van der Waals surface area contributed by atoms with Gasteiger partial charge in [-0.3, -0.25) is 0 Å². The third kappa shape index (κ3) is 3.74. The number of aryl methyl sites for hydroxylation is 1. The van der Waals surface area contributed by atoms with E-state index in [0.717, 1.165) is 19.4 Å². The number of anilines is 2. The molecule has 2 aromatic heterocycles. The molecule has 1 aliphatic carbocycles. The SMILES string of the molecule is CNc1cc2c(NCc3cccc(C(F)(F)C(C)(O)C4CCC4)c3F)nc(C)nc2cn1. The summed E-state index contributed by atoms with van der Waals surface area (Å²) >= 11 is 0. The zero-order chi connectivity index (χ0) is 23.1. The summed E-state index contributed by atoms with van der Waals surface area (Å²) in [5, 5.41) is 17.2. The molecule has 0 saturated heterocycles. The van der Waals surface area contributed by atoms with Crippen LogP contribution in [0.4, 0.5) is 24.8 Å². The van der Waals surface area contributed by atoms with E-state index in [1.807, 2.05) is 0 Å². The maximum Gasteiger partial charge on any atom is 0.304 e. The van der Waals surface area contributed by atoms with E-state index in [-0.39, 0.29) is 12.1 Å². The predicted octanol–water partition coefficient (Wildman–Crippen LogP) is 4.77. The molecule has 1 unspecified atom stereocenters. The summed E-state index contributed by atoms with van der Waals surface area (Å²) in [6.45, 7) is 2.76. The summed E-state index contributed by atoms with van der Waals surface area (Å²) in [7, 11) is 1.73. The number of rotatable bonds is 7. The Kier molecular flexibility index (Phi) is 5.70. The van der Waals surface area contributed by atoms with Gasteiger partial charge in [0.2, 0.25) is 0 Å². The third-order valence-electron chi connectivity index (χ3n) is 6.35. The van der Waals surface area contributed by atoms with Crippen LogP contribution in [0.3, 0.4) is 0 Å². The number of fused-ring (bicyclic) bond motifs is 1. The van der Waals surface area contributed by atoms with Crippen molar-refractivity contribution in [2.24, 2.45) is 5.92 Å². The fourth-order valence-electron chi connectivity index (χ4n) is 4.06. The average Bonchev–Trinajstić information content (AvgIpc) is 2.70. The maximum absolute atomic E-state index is 15.2. The number of aromatic nitrogens is 3. The molecule has 9 heteroatoms. The number of aliphatic hydroxyl groups is 1. The summed E-state index contributed by atoms with van der Waals surface area (Å²) in [5.41, 5.74) is -2.44. The molecular formula is C23H26F3N5O. The van der Waals surface area contributed by atoms with Crippen molar-refractivity contribution in [2.45, 2.75) is 51.2 Å². The fourth-order valence-corrected chi connectivity index (χ4v) is 4.06. The highest BCUT2D eigenvalue weighted by molar-refractivity contribution is 5.90. The van der Waals surface area contributed by atoms with E-state index in [1.165, 1.54) is 12.1 Å². The Labute approximate surface area is 184 Å². The van der Waals surface area contributed by atoms with Gasteiger partial charge in [-0.25, -0.2) is 19.3 Å². The van der Waals surface area contributed by atoms with Crippen LogP contribution in [0.1, 0.15) is 43.1 Å². The molecule has 1 aromatic carbocycles. The zero-order valence-corrected chi connectivity index (χ0v) is 18.2. The molecule has 1 atom stereocenters. The summed E-state index contributed by atoms with van der Waals surface area (Å²) < 4.78 is 45.6. The Hall–Kier alpha value is -2.94. The van der Waals surface area contributed by atoms with Gasteiger partial charge in [0.15, 0.2) is 0 Å². The standard InChI is InChI=1S/C23H26F3N5O/c1-13-30-18-12-28-19(27-3)10-16(18)21(31-13)29-11-14-6-4-9-17(20(14)24)23(25,26)22(2,32)15-7-5-8-15/h4,6,9-10,12,15,32H,5,7-8,11H2,1-3H3,(H,27,28)(H,29,30,31). The second kappa shape index (κ2) is 8.20. The molecule has 2 heterocycles. The van der Waals surface area contributed by atoms with Crippen LogP contribution < -0.4 is 10.6 Å². The molecule has 3 N–H and O–H groups in total. The lowest BCUT2D eigenvalue weighted by molar-refractivity contribution is -0.218. The molecule has 32 heavy (non-hydrogen) atoms. The highest BCUT2D eigenvalue weighted by Crippen LogP contribution is 2.50. The minimum absolute atomic E-state index is 0.0545. The molecule has 4 rings (SSSR count). The van der Waals surface area contributed by atoms with Crippen molar-refractivity contribution >= 4 is 22.5 Å². The van der Waals surface area contributed by atoms with Crippen molar-refractivity contribution in [1.82, 2.24) is 15.0 Å². The Morgan fingerprint density at radius 2 is 1.97 bits per heavy atom. The Morgan fingerprint density at radius 3 is 2.62 bits per heavy atom. The zero-order valence-electron chi connectivity index (χ0n) is 18.2. The smallest absolute Gasteiger partial charge is 0.304 e. The molecule has 1 saturated carbocycles. The summed E-state index contributed by atoms with van der Waals surface area (Å²) in [4.78, 5) is 13.0. The van der Waals surface area contributed by atoms with E-state index in [2.05, 4.69) is 25.6 Å². The molecule has 170 valence electrons. The number of alkyl halides is 2. The van der Waals surface area contributed by atoms with Crippen molar-refractivity contribution in [2.75, 3.05) is 17.7 Å². The van der Waals surface area contributed by atoms with Crippen LogP contribution in [0.5, 0.6) is 0 Å². The predicted molar refractivity (Wildman–Crippen MR) is 117 cm³/mol. The molecule has 0 radical (unpaired) electrons. The van der Waals surface area contributed by atoms with Gasteiger partial charge in [-0.05, 0) is 44.7 Å². The van der Waals surface area contributed by atoms with Crippen LogP contribution in [-0.4, -0.2) is 32.7 Å². The lowest BCUT2D eigenvalue weighted by Crippen LogP contribution is -2.52. The highest BCUT2D eigenvalue weighted by atomic mass is 19.3. The minimum atomic E-state index is -3.72. The molecule has 0 spiro atoms. The molecular weight excluding hydrogens is 419 g/mol. The van der Waals surface area contributed by atoms with E-state index in [9.17, 15) is 5.11 Å². The van der Waals surface area contributed by atoms with Crippen LogP contribution >= 0.6 is 0 Å². The minimum Gasteiger partial charge on any atom is -0.383 e. The topological polar surface area (TPSA) is 83.0 Å². The van der Waals surface area contributed by atoms with Gasteiger partial charge >= 0.3 is 5.92 Å². The first kappa shape index (κ1) is 22.3. The lowest BCUT2D eigenvalue weighted by Gasteiger charge is -2.43.